The highest BCUT2D eigenvalue weighted by Crippen LogP contribution is 2.43. The van der Waals surface area contributed by atoms with Gasteiger partial charge in [-0.1, -0.05) is 12.1 Å². The molecule has 1 amide bonds. The number of furan rings is 1. The average Bonchev–Trinajstić information content (AvgIpc) is 3.49. The lowest BCUT2D eigenvalue weighted by atomic mass is 9.95. The van der Waals surface area contributed by atoms with Crippen molar-refractivity contribution in [2.45, 2.75) is 39.7 Å². The van der Waals surface area contributed by atoms with Gasteiger partial charge in [0.15, 0.2) is 5.76 Å². The van der Waals surface area contributed by atoms with Crippen molar-refractivity contribution >= 4 is 22.2 Å². The predicted molar refractivity (Wildman–Crippen MR) is 121 cm³/mol. The van der Waals surface area contributed by atoms with Crippen molar-refractivity contribution in [1.29, 1.82) is 0 Å². The summed E-state index contributed by atoms with van der Waals surface area (Å²) < 4.78 is 10.9. The van der Waals surface area contributed by atoms with E-state index in [-0.39, 0.29) is 11.9 Å². The molecule has 1 saturated heterocycles. The summed E-state index contributed by atoms with van der Waals surface area (Å²) >= 11 is 1.63. The Bertz CT molecular complexity index is 986. The quantitative estimate of drug-likeness (QED) is 0.521. The van der Waals surface area contributed by atoms with Crippen molar-refractivity contribution in [3.63, 3.8) is 0 Å². The first-order valence-electron chi connectivity index (χ1n) is 10.5. The molecule has 1 unspecified atom stereocenters. The number of ether oxygens (including phenoxy) is 1. The van der Waals surface area contributed by atoms with Crippen LogP contribution in [0, 0.1) is 13.8 Å². The first kappa shape index (κ1) is 20.7. The van der Waals surface area contributed by atoms with Gasteiger partial charge in [0.2, 0.25) is 0 Å². The molecule has 158 valence electrons. The van der Waals surface area contributed by atoms with Crippen LogP contribution in [0.25, 0.3) is 0 Å². The molecule has 5 nitrogen and oxygen atoms in total. The van der Waals surface area contributed by atoms with E-state index in [2.05, 4.69) is 36.2 Å². The Kier molecular flexibility index (Phi) is 6.25. The summed E-state index contributed by atoms with van der Waals surface area (Å²) in [5, 5.41) is 4.01. The molecule has 1 atom stereocenters. The van der Waals surface area contributed by atoms with E-state index in [4.69, 9.17) is 9.15 Å². The molecular weight excluding hydrogens is 396 g/mol. The summed E-state index contributed by atoms with van der Waals surface area (Å²) in [6.07, 6.45) is 3.92. The Morgan fingerprint density at radius 1 is 1.20 bits per heavy atom. The van der Waals surface area contributed by atoms with Crippen molar-refractivity contribution in [3.8, 4) is 5.75 Å². The maximum absolute atomic E-state index is 12.7. The molecule has 1 fully saturated rings. The third-order valence-electron chi connectivity index (χ3n) is 5.69. The molecular formula is C24H28N2O3S. The van der Waals surface area contributed by atoms with Crippen LogP contribution in [0.5, 0.6) is 5.75 Å². The minimum absolute atomic E-state index is 0.0972. The number of nitrogens with zero attached hydrogens (tertiary/aromatic N) is 1. The molecule has 6 heteroatoms. The predicted octanol–water partition coefficient (Wildman–Crippen LogP) is 5.79. The first-order chi connectivity index (χ1) is 14.6. The van der Waals surface area contributed by atoms with Gasteiger partial charge in [-0.2, -0.15) is 0 Å². The van der Waals surface area contributed by atoms with Gasteiger partial charge < -0.3 is 14.5 Å². The van der Waals surface area contributed by atoms with Crippen molar-refractivity contribution in [1.82, 2.24) is 4.90 Å². The number of likely N-dealkylation sites (tertiary alicyclic amines) is 1. The van der Waals surface area contributed by atoms with Crippen molar-refractivity contribution in [3.05, 3.63) is 70.0 Å². The molecule has 0 radical (unpaired) electrons. The Hall–Kier alpha value is -2.57. The minimum Gasteiger partial charge on any atom is -0.494 e. The SMILES string of the molecule is CCOc1ccc(C(c2c(NC(=O)c3ccco3)sc(C)c2C)N2CCCC2)cc1. The molecule has 30 heavy (non-hydrogen) atoms. The fraction of sp³-hybridized carbons (Fsp3) is 0.375. The van der Waals surface area contributed by atoms with Crippen LogP contribution in [-0.2, 0) is 0 Å². The Morgan fingerprint density at radius 2 is 1.93 bits per heavy atom. The number of carbonyl (C=O) groups excluding carboxylic acids is 1. The summed E-state index contributed by atoms with van der Waals surface area (Å²) in [6, 6.07) is 11.9. The highest BCUT2D eigenvalue weighted by molar-refractivity contribution is 7.16. The van der Waals surface area contributed by atoms with E-state index >= 15 is 0 Å². The monoisotopic (exact) mass is 424 g/mol. The smallest absolute Gasteiger partial charge is 0.291 e. The molecule has 4 rings (SSSR count). The number of anilines is 1. The van der Waals surface area contributed by atoms with E-state index in [1.807, 2.05) is 19.1 Å². The number of nitrogens with one attached hydrogen (secondary N) is 1. The molecule has 0 bridgehead atoms. The zero-order chi connectivity index (χ0) is 21.1. The molecule has 3 aromatic rings. The van der Waals surface area contributed by atoms with Gasteiger partial charge in [-0.15, -0.1) is 11.3 Å². The summed E-state index contributed by atoms with van der Waals surface area (Å²) in [4.78, 5) is 16.5. The van der Waals surface area contributed by atoms with Crippen LogP contribution in [0.2, 0.25) is 0 Å². The molecule has 0 aliphatic carbocycles. The second kappa shape index (κ2) is 9.06. The molecule has 1 aliphatic heterocycles. The van der Waals surface area contributed by atoms with E-state index in [0.29, 0.717) is 12.4 Å². The van der Waals surface area contributed by atoms with Crippen molar-refractivity contribution in [2.24, 2.45) is 0 Å². The van der Waals surface area contributed by atoms with Crippen LogP contribution in [0.1, 0.15) is 57.9 Å². The van der Waals surface area contributed by atoms with Gasteiger partial charge in [0.05, 0.1) is 18.9 Å². The average molecular weight is 425 g/mol. The van der Waals surface area contributed by atoms with Crippen molar-refractivity contribution in [2.75, 3.05) is 25.0 Å². The normalized spacial score (nSPS) is 15.3. The number of hydrogen-bond acceptors (Lipinski definition) is 5. The van der Waals surface area contributed by atoms with Gasteiger partial charge in [0.1, 0.15) is 10.8 Å². The topological polar surface area (TPSA) is 54.7 Å². The van der Waals surface area contributed by atoms with Gasteiger partial charge in [-0.25, -0.2) is 0 Å². The van der Waals surface area contributed by atoms with Crippen LogP contribution < -0.4 is 10.1 Å². The van der Waals surface area contributed by atoms with Gasteiger partial charge >= 0.3 is 0 Å². The summed E-state index contributed by atoms with van der Waals surface area (Å²) in [6.45, 7) is 9.02. The van der Waals surface area contributed by atoms with E-state index in [0.717, 1.165) is 23.8 Å². The standard InChI is InChI=1S/C24H28N2O3S/c1-4-28-19-11-9-18(10-12-19)22(26-13-5-6-14-26)21-16(2)17(3)30-24(21)25-23(27)20-8-7-15-29-20/h7-12,15,22H,4-6,13-14H2,1-3H3,(H,25,27). The molecule has 1 N–H and O–H groups in total. The maximum atomic E-state index is 12.7. The second-order valence-corrected chi connectivity index (χ2v) is 8.83. The van der Waals surface area contributed by atoms with Gasteiger partial charge in [0.25, 0.3) is 5.91 Å². The van der Waals surface area contributed by atoms with Crippen molar-refractivity contribution < 1.29 is 13.9 Å². The van der Waals surface area contributed by atoms with Gasteiger partial charge in [0, 0.05) is 10.4 Å². The third-order valence-corrected chi connectivity index (χ3v) is 6.83. The molecule has 0 spiro atoms. The first-order valence-corrected chi connectivity index (χ1v) is 11.3. The molecule has 1 aromatic carbocycles. The minimum atomic E-state index is -0.214. The van der Waals surface area contributed by atoms with E-state index in [1.165, 1.54) is 40.7 Å². The Balaban J connectivity index is 1.74. The Morgan fingerprint density at radius 3 is 2.57 bits per heavy atom. The lowest BCUT2D eigenvalue weighted by molar-refractivity contribution is 0.0997. The zero-order valence-electron chi connectivity index (χ0n) is 17.7. The van der Waals surface area contributed by atoms with E-state index in [1.54, 1.807) is 23.5 Å². The summed E-state index contributed by atoms with van der Waals surface area (Å²) in [7, 11) is 0. The van der Waals surface area contributed by atoms with Crippen LogP contribution >= 0.6 is 11.3 Å². The Labute approximate surface area is 181 Å². The number of thiophene rings is 1. The van der Waals surface area contributed by atoms with Crippen LogP contribution in [0.4, 0.5) is 5.00 Å². The molecule has 3 heterocycles. The lowest BCUT2D eigenvalue weighted by Crippen LogP contribution is -2.27. The number of amides is 1. The van der Waals surface area contributed by atoms with E-state index < -0.39 is 0 Å². The number of aryl methyl sites for hydroxylation is 1. The highest BCUT2D eigenvalue weighted by Gasteiger charge is 2.31. The van der Waals surface area contributed by atoms with Gasteiger partial charge in [-0.3, -0.25) is 9.69 Å². The number of hydrogen-bond donors (Lipinski definition) is 1. The fourth-order valence-corrected chi connectivity index (χ4v) is 5.20. The molecule has 1 aliphatic rings. The summed E-state index contributed by atoms with van der Waals surface area (Å²) in [5.74, 6) is 0.990. The summed E-state index contributed by atoms with van der Waals surface area (Å²) in [5.41, 5.74) is 3.64. The highest BCUT2D eigenvalue weighted by atomic mass is 32.1. The van der Waals surface area contributed by atoms with Gasteiger partial charge in [-0.05, 0) is 82.1 Å². The van der Waals surface area contributed by atoms with E-state index in [9.17, 15) is 4.79 Å². The maximum Gasteiger partial charge on any atom is 0.291 e. The van der Waals surface area contributed by atoms with Crippen LogP contribution in [0.15, 0.2) is 47.1 Å². The third kappa shape index (κ3) is 4.16. The largest absolute Gasteiger partial charge is 0.494 e. The number of carbonyl (C=O) groups is 1. The number of rotatable bonds is 7. The molecule has 2 aromatic heterocycles. The molecule has 0 saturated carbocycles. The lowest BCUT2D eigenvalue weighted by Gasteiger charge is -2.29. The van der Waals surface area contributed by atoms with Crippen LogP contribution in [0.3, 0.4) is 0 Å². The second-order valence-electron chi connectivity index (χ2n) is 7.61. The zero-order valence-corrected chi connectivity index (χ0v) is 18.6. The van der Waals surface area contributed by atoms with Crippen LogP contribution in [-0.4, -0.2) is 30.5 Å². The fourth-order valence-electron chi connectivity index (χ4n) is 4.11. The number of benzene rings is 1.